The Hall–Kier alpha value is -3.02. The van der Waals surface area contributed by atoms with Gasteiger partial charge in [-0.1, -0.05) is 0 Å². The summed E-state index contributed by atoms with van der Waals surface area (Å²) >= 11 is 0. The molecule has 1 unspecified atom stereocenters. The zero-order valence-electron chi connectivity index (χ0n) is 15.1. The van der Waals surface area contributed by atoms with Crippen LogP contribution in [0, 0.1) is 0 Å². The van der Waals surface area contributed by atoms with Crippen LogP contribution in [0.25, 0.3) is 0 Å². The van der Waals surface area contributed by atoms with Crippen LogP contribution in [0.15, 0.2) is 6.33 Å². The second-order valence-corrected chi connectivity index (χ2v) is 5.54. The van der Waals surface area contributed by atoms with Gasteiger partial charge in [-0.25, -0.2) is 14.5 Å². The lowest BCUT2D eigenvalue weighted by molar-refractivity contribution is -0.166. The molecule has 0 bridgehead atoms. The highest BCUT2D eigenvalue weighted by molar-refractivity contribution is 5.85. The molecule has 1 aliphatic heterocycles. The third-order valence-corrected chi connectivity index (χ3v) is 3.52. The van der Waals surface area contributed by atoms with Gasteiger partial charge in [-0.3, -0.25) is 14.4 Å². The van der Waals surface area contributed by atoms with Crippen LogP contribution in [0.3, 0.4) is 0 Å². The van der Waals surface area contributed by atoms with E-state index in [-0.39, 0.29) is 12.4 Å². The largest absolute Gasteiger partial charge is 0.463 e. The Labute approximate surface area is 153 Å². The number of ether oxygens (including phenoxy) is 5. The predicted octanol–water partition coefficient (Wildman–Crippen LogP) is -0.611. The SMILES string of the molecule is COC(=O)c1ncnn1C1O[C@H](COC(C)=O)[C@@H](OC(C)=O)[C@H]1OC(C)=O. The number of carbonyl (C=O) groups excluding carboxylic acids is 4. The molecule has 27 heavy (non-hydrogen) atoms. The van der Waals surface area contributed by atoms with Crippen molar-refractivity contribution in [1.29, 1.82) is 0 Å². The second-order valence-electron chi connectivity index (χ2n) is 5.54. The molecule has 0 spiro atoms. The fourth-order valence-electron chi connectivity index (χ4n) is 2.56. The Morgan fingerprint density at radius 3 is 2.26 bits per heavy atom. The lowest BCUT2D eigenvalue weighted by Gasteiger charge is -2.23. The molecular weight excluding hydrogens is 366 g/mol. The van der Waals surface area contributed by atoms with Crippen LogP contribution in [0.2, 0.25) is 0 Å². The fraction of sp³-hybridized carbons (Fsp3) is 0.600. The molecule has 0 aromatic carbocycles. The number of aromatic nitrogens is 3. The first-order chi connectivity index (χ1) is 12.7. The smallest absolute Gasteiger partial charge is 0.375 e. The van der Waals surface area contributed by atoms with Gasteiger partial charge in [0.15, 0.2) is 18.4 Å². The first kappa shape index (κ1) is 20.3. The van der Waals surface area contributed by atoms with Crippen molar-refractivity contribution in [2.45, 2.75) is 45.3 Å². The van der Waals surface area contributed by atoms with Gasteiger partial charge in [0.25, 0.3) is 0 Å². The Kier molecular flexibility index (Phi) is 6.45. The van der Waals surface area contributed by atoms with E-state index in [2.05, 4.69) is 14.8 Å². The summed E-state index contributed by atoms with van der Waals surface area (Å²) in [5.41, 5.74) is 0. The van der Waals surface area contributed by atoms with Crippen LogP contribution in [-0.2, 0) is 38.1 Å². The molecule has 12 nitrogen and oxygen atoms in total. The average Bonchev–Trinajstić information content (AvgIpc) is 3.17. The van der Waals surface area contributed by atoms with E-state index in [0.29, 0.717) is 0 Å². The molecule has 148 valence electrons. The molecule has 12 heteroatoms. The van der Waals surface area contributed by atoms with Crippen LogP contribution in [0.5, 0.6) is 0 Å². The van der Waals surface area contributed by atoms with Crippen LogP contribution >= 0.6 is 0 Å². The van der Waals surface area contributed by atoms with Crippen molar-refractivity contribution in [2.75, 3.05) is 13.7 Å². The molecule has 1 aromatic rings. The van der Waals surface area contributed by atoms with Gasteiger partial charge in [-0.05, 0) is 0 Å². The standard InChI is InChI=1S/C15H19N3O9/c1-7(19)24-5-10-11(25-8(2)20)12(26-9(3)21)14(27-10)18-13(15(22)23-4)16-6-17-18/h6,10-12,14H,5H2,1-4H3/t10-,11-,12-,14?/m1/s1. The van der Waals surface area contributed by atoms with E-state index in [1.807, 2.05) is 0 Å². The second kappa shape index (κ2) is 8.58. The van der Waals surface area contributed by atoms with Gasteiger partial charge >= 0.3 is 23.9 Å². The number of methoxy groups -OCH3 is 1. The summed E-state index contributed by atoms with van der Waals surface area (Å²) in [4.78, 5) is 49.8. The van der Waals surface area contributed by atoms with Crippen molar-refractivity contribution in [1.82, 2.24) is 14.8 Å². The molecular formula is C15H19N3O9. The Morgan fingerprint density at radius 2 is 1.70 bits per heavy atom. The predicted molar refractivity (Wildman–Crippen MR) is 83.0 cm³/mol. The third kappa shape index (κ3) is 4.78. The van der Waals surface area contributed by atoms with Gasteiger partial charge in [0.2, 0.25) is 5.82 Å². The minimum Gasteiger partial charge on any atom is -0.463 e. The van der Waals surface area contributed by atoms with Gasteiger partial charge in [0.05, 0.1) is 7.11 Å². The molecule has 1 fully saturated rings. The maximum atomic E-state index is 11.9. The van der Waals surface area contributed by atoms with Crippen LogP contribution < -0.4 is 0 Å². The Bertz CT molecular complexity index is 732. The molecule has 2 rings (SSSR count). The van der Waals surface area contributed by atoms with E-state index in [1.54, 1.807) is 0 Å². The number of hydrogen-bond donors (Lipinski definition) is 0. The maximum absolute atomic E-state index is 11.9. The van der Waals surface area contributed by atoms with Crippen molar-refractivity contribution in [2.24, 2.45) is 0 Å². The van der Waals surface area contributed by atoms with E-state index in [9.17, 15) is 19.2 Å². The first-order valence-electron chi connectivity index (χ1n) is 7.85. The summed E-state index contributed by atoms with van der Waals surface area (Å²) in [6, 6.07) is 0. The molecule has 4 atom stereocenters. The topological polar surface area (TPSA) is 145 Å². The highest BCUT2D eigenvalue weighted by Crippen LogP contribution is 2.34. The van der Waals surface area contributed by atoms with Crippen LogP contribution in [0.1, 0.15) is 37.6 Å². The van der Waals surface area contributed by atoms with Crippen molar-refractivity contribution < 1.29 is 42.9 Å². The quantitative estimate of drug-likeness (QED) is 0.456. The molecule has 0 N–H and O–H groups in total. The van der Waals surface area contributed by atoms with E-state index >= 15 is 0 Å². The third-order valence-electron chi connectivity index (χ3n) is 3.52. The molecule has 0 saturated carbocycles. The average molecular weight is 385 g/mol. The van der Waals surface area contributed by atoms with Crippen molar-refractivity contribution in [3.63, 3.8) is 0 Å². The highest BCUT2D eigenvalue weighted by atomic mass is 16.7. The lowest BCUT2D eigenvalue weighted by Crippen LogP contribution is -2.41. The molecule has 1 saturated heterocycles. The number of esters is 4. The minimum atomic E-state index is -1.17. The summed E-state index contributed by atoms with van der Waals surface area (Å²) in [7, 11) is 1.16. The van der Waals surface area contributed by atoms with Gasteiger partial charge < -0.3 is 23.7 Å². The number of rotatable bonds is 6. The highest BCUT2D eigenvalue weighted by Gasteiger charge is 2.51. The molecule has 0 radical (unpaired) electrons. The van der Waals surface area contributed by atoms with E-state index in [0.717, 1.165) is 32.0 Å². The number of nitrogens with zero attached hydrogens (tertiary/aromatic N) is 3. The maximum Gasteiger partial charge on any atom is 0.375 e. The van der Waals surface area contributed by atoms with E-state index in [4.69, 9.17) is 18.9 Å². The molecule has 2 heterocycles. The summed E-state index contributed by atoms with van der Waals surface area (Å²) in [5.74, 6) is -2.94. The minimum absolute atomic E-state index is 0.214. The summed E-state index contributed by atoms with van der Waals surface area (Å²) in [5, 5.41) is 3.91. The van der Waals surface area contributed by atoms with Gasteiger partial charge in [0, 0.05) is 20.8 Å². The number of hydrogen-bond acceptors (Lipinski definition) is 11. The Morgan fingerprint density at radius 1 is 1.07 bits per heavy atom. The lowest BCUT2D eigenvalue weighted by atomic mass is 10.1. The molecule has 0 amide bonds. The molecule has 0 aliphatic carbocycles. The van der Waals surface area contributed by atoms with Crippen molar-refractivity contribution >= 4 is 23.9 Å². The first-order valence-corrected chi connectivity index (χ1v) is 7.85. The summed E-state index contributed by atoms with van der Waals surface area (Å²) in [6.45, 7) is 3.24. The fourth-order valence-corrected chi connectivity index (χ4v) is 2.56. The normalized spacial score (nSPS) is 24.1. The van der Waals surface area contributed by atoms with E-state index in [1.165, 1.54) is 6.92 Å². The zero-order valence-corrected chi connectivity index (χ0v) is 15.1. The Balaban J connectivity index is 2.40. The molecule has 1 aliphatic rings. The summed E-state index contributed by atoms with van der Waals surface area (Å²) in [6.07, 6.45) is -3.33. The summed E-state index contributed by atoms with van der Waals surface area (Å²) < 4.78 is 26.8. The molecule has 1 aromatic heterocycles. The number of carbonyl (C=O) groups is 4. The zero-order chi connectivity index (χ0) is 20.1. The van der Waals surface area contributed by atoms with Gasteiger partial charge in [-0.2, -0.15) is 5.10 Å². The van der Waals surface area contributed by atoms with Crippen LogP contribution in [-0.4, -0.2) is 70.7 Å². The van der Waals surface area contributed by atoms with Crippen molar-refractivity contribution in [3.8, 4) is 0 Å². The van der Waals surface area contributed by atoms with Gasteiger partial charge in [0.1, 0.15) is 19.0 Å². The van der Waals surface area contributed by atoms with Gasteiger partial charge in [-0.15, -0.1) is 0 Å². The van der Waals surface area contributed by atoms with E-state index < -0.39 is 48.4 Å². The van der Waals surface area contributed by atoms with Crippen molar-refractivity contribution in [3.05, 3.63) is 12.2 Å². The monoisotopic (exact) mass is 385 g/mol. The van der Waals surface area contributed by atoms with Crippen LogP contribution in [0.4, 0.5) is 0 Å².